The highest BCUT2D eigenvalue weighted by molar-refractivity contribution is 5.66. The average Bonchev–Trinajstić information content (AvgIpc) is 2.07. The molecule has 1 rings (SSSR count). The van der Waals surface area contributed by atoms with E-state index < -0.39 is 5.97 Å². The van der Waals surface area contributed by atoms with Crippen LogP contribution in [0.15, 0.2) is 0 Å². The van der Waals surface area contributed by atoms with Crippen molar-refractivity contribution in [2.45, 2.75) is 52.5 Å². The summed E-state index contributed by atoms with van der Waals surface area (Å²) in [6.07, 6.45) is 3.44. The predicted octanol–water partition coefficient (Wildman–Crippen LogP) is 1.59. The largest absolute Gasteiger partial charge is 0.481 e. The third-order valence-electron chi connectivity index (χ3n) is 3.54. The van der Waals surface area contributed by atoms with Gasteiger partial charge in [0.1, 0.15) is 0 Å². The summed E-state index contributed by atoms with van der Waals surface area (Å²) in [5, 5.41) is 11.8. The molecule has 0 aromatic rings. The minimum Gasteiger partial charge on any atom is -0.481 e. The number of nitrogens with two attached hydrogens (primary N) is 1. The SMILES string of the molecule is CC1(C)C[C@@H](N)C[C@@](C)(CNCCC(=O)O)C1. The van der Waals surface area contributed by atoms with E-state index in [2.05, 4.69) is 26.1 Å². The Balaban J connectivity index is 2.41. The van der Waals surface area contributed by atoms with Crippen molar-refractivity contribution < 1.29 is 9.90 Å². The van der Waals surface area contributed by atoms with E-state index in [-0.39, 0.29) is 17.9 Å². The lowest BCUT2D eigenvalue weighted by atomic mass is 9.63. The third-order valence-corrected chi connectivity index (χ3v) is 3.54. The van der Waals surface area contributed by atoms with Crippen molar-refractivity contribution in [3.63, 3.8) is 0 Å². The molecular weight excluding hydrogens is 216 g/mol. The zero-order chi connectivity index (χ0) is 13.1. The maximum atomic E-state index is 10.4. The summed E-state index contributed by atoms with van der Waals surface area (Å²) in [5.74, 6) is -0.747. The summed E-state index contributed by atoms with van der Waals surface area (Å²) in [5.41, 5.74) is 6.60. The number of aliphatic carboxylic acids is 1. The second kappa shape index (κ2) is 5.36. The number of carboxylic acid groups (broad SMARTS) is 1. The van der Waals surface area contributed by atoms with E-state index >= 15 is 0 Å². The first-order chi connectivity index (χ1) is 7.72. The van der Waals surface area contributed by atoms with E-state index in [1.54, 1.807) is 0 Å². The zero-order valence-corrected chi connectivity index (χ0v) is 11.3. The monoisotopic (exact) mass is 242 g/mol. The molecule has 4 nitrogen and oxygen atoms in total. The summed E-state index contributed by atoms with van der Waals surface area (Å²) in [4.78, 5) is 10.4. The Morgan fingerprint density at radius 2 is 2.06 bits per heavy atom. The maximum absolute atomic E-state index is 10.4. The van der Waals surface area contributed by atoms with Gasteiger partial charge in [0, 0.05) is 19.1 Å². The minimum absolute atomic E-state index is 0.186. The Morgan fingerprint density at radius 1 is 1.41 bits per heavy atom. The predicted molar refractivity (Wildman–Crippen MR) is 68.8 cm³/mol. The second-order valence-corrected chi connectivity index (χ2v) is 6.64. The van der Waals surface area contributed by atoms with Crippen LogP contribution in [0, 0.1) is 10.8 Å². The number of carboxylic acids is 1. The summed E-state index contributed by atoms with van der Waals surface area (Å²) >= 11 is 0. The van der Waals surface area contributed by atoms with Gasteiger partial charge in [0.2, 0.25) is 0 Å². The van der Waals surface area contributed by atoms with Crippen molar-refractivity contribution in [2.24, 2.45) is 16.6 Å². The van der Waals surface area contributed by atoms with Crippen molar-refractivity contribution in [2.75, 3.05) is 13.1 Å². The molecule has 1 aliphatic carbocycles. The first-order valence-electron chi connectivity index (χ1n) is 6.41. The molecule has 17 heavy (non-hydrogen) atoms. The van der Waals surface area contributed by atoms with E-state index in [1.807, 2.05) is 0 Å². The lowest BCUT2D eigenvalue weighted by molar-refractivity contribution is -0.136. The van der Waals surface area contributed by atoms with Gasteiger partial charge in [-0.3, -0.25) is 4.79 Å². The van der Waals surface area contributed by atoms with Gasteiger partial charge in [0.05, 0.1) is 6.42 Å². The Hall–Kier alpha value is -0.610. The number of nitrogens with one attached hydrogen (secondary N) is 1. The maximum Gasteiger partial charge on any atom is 0.304 e. The normalized spacial score (nSPS) is 32.4. The number of carbonyl (C=O) groups is 1. The zero-order valence-electron chi connectivity index (χ0n) is 11.3. The van der Waals surface area contributed by atoms with Gasteiger partial charge in [0.25, 0.3) is 0 Å². The van der Waals surface area contributed by atoms with Crippen LogP contribution in [-0.4, -0.2) is 30.2 Å². The Bertz CT molecular complexity index is 279. The van der Waals surface area contributed by atoms with Crippen LogP contribution < -0.4 is 11.1 Å². The molecule has 100 valence electrons. The van der Waals surface area contributed by atoms with Crippen LogP contribution in [0.1, 0.15) is 46.5 Å². The summed E-state index contributed by atoms with van der Waals surface area (Å²) in [7, 11) is 0. The molecule has 0 bridgehead atoms. The van der Waals surface area contributed by atoms with Gasteiger partial charge < -0.3 is 16.2 Å². The van der Waals surface area contributed by atoms with E-state index in [9.17, 15) is 4.79 Å². The fourth-order valence-corrected chi connectivity index (χ4v) is 3.43. The quantitative estimate of drug-likeness (QED) is 0.640. The topological polar surface area (TPSA) is 75.3 Å². The van der Waals surface area contributed by atoms with Crippen LogP contribution in [0.3, 0.4) is 0 Å². The first kappa shape index (κ1) is 14.5. The fourth-order valence-electron chi connectivity index (χ4n) is 3.43. The van der Waals surface area contributed by atoms with E-state index in [4.69, 9.17) is 10.8 Å². The second-order valence-electron chi connectivity index (χ2n) is 6.64. The lowest BCUT2D eigenvalue weighted by Gasteiger charge is -2.46. The molecule has 0 radical (unpaired) electrons. The van der Waals surface area contributed by atoms with Crippen LogP contribution in [0.25, 0.3) is 0 Å². The summed E-state index contributed by atoms with van der Waals surface area (Å²) < 4.78 is 0. The minimum atomic E-state index is -0.747. The molecule has 1 fully saturated rings. The van der Waals surface area contributed by atoms with Crippen LogP contribution in [0.5, 0.6) is 0 Å². The van der Waals surface area contributed by atoms with Gasteiger partial charge in [-0.2, -0.15) is 0 Å². The van der Waals surface area contributed by atoms with E-state index in [0.717, 1.165) is 25.8 Å². The van der Waals surface area contributed by atoms with Crippen molar-refractivity contribution in [3.05, 3.63) is 0 Å². The molecule has 4 heteroatoms. The van der Waals surface area contributed by atoms with E-state index in [1.165, 1.54) is 0 Å². The van der Waals surface area contributed by atoms with Crippen LogP contribution in [0.4, 0.5) is 0 Å². The van der Waals surface area contributed by atoms with Crippen LogP contribution in [-0.2, 0) is 4.79 Å². The molecule has 0 aromatic heterocycles. The molecule has 2 atom stereocenters. The van der Waals surface area contributed by atoms with Crippen molar-refractivity contribution in [3.8, 4) is 0 Å². The molecule has 1 saturated carbocycles. The Kier molecular flexibility index (Phi) is 4.55. The van der Waals surface area contributed by atoms with Gasteiger partial charge in [-0.15, -0.1) is 0 Å². The molecule has 0 aromatic carbocycles. The Labute approximate surface area is 104 Å². The van der Waals surface area contributed by atoms with Gasteiger partial charge in [0.15, 0.2) is 0 Å². The van der Waals surface area contributed by atoms with Gasteiger partial charge >= 0.3 is 5.97 Å². The highest BCUT2D eigenvalue weighted by Crippen LogP contribution is 2.45. The smallest absolute Gasteiger partial charge is 0.304 e. The molecule has 0 heterocycles. The highest BCUT2D eigenvalue weighted by Gasteiger charge is 2.39. The highest BCUT2D eigenvalue weighted by atomic mass is 16.4. The lowest BCUT2D eigenvalue weighted by Crippen LogP contribution is -2.46. The first-order valence-corrected chi connectivity index (χ1v) is 6.41. The van der Waals surface area contributed by atoms with Gasteiger partial charge in [-0.1, -0.05) is 20.8 Å². The molecule has 0 saturated heterocycles. The molecule has 0 aliphatic heterocycles. The third kappa shape index (κ3) is 5.04. The van der Waals surface area contributed by atoms with Crippen molar-refractivity contribution in [1.29, 1.82) is 0 Å². The fraction of sp³-hybridized carbons (Fsp3) is 0.923. The average molecular weight is 242 g/mol. The molecule has 0 spiro atoms. The number of hydrogen-bond acceptors (Lipinski definition) is 3. The van der Waals surface area contributed by atoms with Crippen molar-refractivity contribution >= 4 is 5.97 Å². The molecule has 0 amide bonds. The number of hydrogen-bond donors (Lipinski definition) is 3. The van der Waals surface area contributed by atoms with E-state index in [0.29, 0.717) is 12.0 Å². The van der Waals surface area contributed by atoms with Gasteiger partial charge in [-0.25, -0.2) is 0 Å². The molecular formula is C13H26N2O2. The Morgan fingerprint density at radius 3 is 2.59 bits per heavy atom. The van der Waals surface area contributed by atoms with Crippen molar-refractivity contribution in [1.82, 2.24) is 5.32 Å². The molecule has 4 N–H and O–H groups in total. The van der Waals surface area contributed by atoms with Crippen LogP contribution in [0.2, 0.25) is 0 Å². The van der Waals surface area contributed by atoms with Gasteiger partial charge in [-0.05, 0) is 30.1 Å². The number of rotatable bonds is 5. The summed E-state index contributed by atoms with van der Waals surface area (Å²) in [6.45, 7) is 8.18. The summed E-state index contributed by atoms with van der Waals surface area (Å²) in [6, 6.07) is 0.269. The molecule has 1 aliphatic rings. The molecule has 0 unspecified atom stereocenters. The van der Waals surface area contributed by atoms with Crippen LogP contribution >= 0.6 is 0 Å². The standard InChI is InChI=1S/C13H26N2O2/c1-12(2)6-10(14)7-13(3,8-12)9-15-5-4-11(16)17/h10,15H,4-9,14H2,1-3H3,(H,16,17)/t10-,13-/m1/s1.